The third-order valence-corrected chi connectivity index (χ3v) is 3.29. The van der Waals surface area contributed by atoms with E-state index >= 15 is 0 Å². The van der Waals surface area contributed by atoms with Gasteiger partial charge < -0.3 is 10.5 Å². The summed E-state index contributed by atoms with van der Waals surface area (Å²) in [6.07, 6.45) is 1.89. The second-order valence-electron chi connectivity index (χ2n) is 4.89. The minimum absolute atomic E-state index is 0.617. The van der Waals surface area contributed by atoms with Crippen molar-refractivity contribution in [2.45, 2.75) is 33.6 Å². The second-order valence-corrected chi connectivity index (χ2v) is 4.89. The van der Waals surface area contributed by atoms with E-state index in [0.29, 0.717) is 11.6 Å². The summed E-state index contributed by atoms with van der Waals surface area (Å²) in [5.74, 6) is 1.41. The van der Waals surface area contributed by atoms with Crippen LogP contribution in [0, 0.1) is 13.8 Å². The molecule has 1 aromatic carbocycles. The highest BCUT2D eigenvalue weighted by Crippen LogP contribution is 2.30. The Morgan fingerprint density at radius 3 is 2.63 bits per heavy atom. The van der Waals surface area contributed by atoms with Crippen LogP contribution in [0.2, 0.25) is 0 Å². The first kappa shape index (κ1) is 13.5. The van der Waals surface area contributed by atoms with Crippen molar-refractivity contribution < 1.29 is 4.74 Å². The van der Waals surface area contributed by atoms with Gasteiger partial charge >= 0.3 is 0 Å². The van der Waals surface area contributed by atoms with Gasteiger partial charge in [0.05, 0.1) is 5.69 Å². The van der Waals surface area contributed by atoms with Crippen LogP contribution in [0.3, 0.4) is 0 Å². The molecule has 0 spiro atoms. The number of nitrogens with two attached hydrogens (primary N) is 1. The third kappa shape index (κ3) is 2.72. The molecule has 0 fully saturated rings. The maximum Gasteiger partial charge on any atom is 0.241 e. The fourth-order valence-corrected chi connectivity index (χ4v) is 2.01. The Morgan fingerprint density at radius 2 is 2.00 bits per heavy atom. The van der Waals surface area contributed by atoms with E-state index in [-0.39, 0.29) is 0 Å². The van der Waals surface area contributed by atoms with Crippen molar-refractivity contribution in [1.29, 1.82) is 0 Å². The van der Waals surface area contributed by atoms with Crippen LogP contribution in [0.25, 0.3) is 0 Å². The number of nitrogens with zero attached hydrogens (tertiary/aromatic N) is 2. The van der Waals surface area contributed by atoms with E-state index in [2.05, 4.69) is 25.9 Å². The molecule has 1 aromatic heterocycles. The van der Waals surface area contributed by atoms with E-state index in [1.165, 1.54) is 11.1 Å². The van der Waals surface area contributed by atoms with Crippen molar-refractivity contribution in [1.82, 2.24) is 9.78 Å². The number of hydrogen-bond donors (Lipinski definition) is 1. The minimum atomic E-state index is 0.617. The predicted molar refractivity (Wildman–Crippen MR) is 77.6 cm³/mol. The van der Waals surface area contributed by atoms with E-state index in [1.54, 1.807) is 4.68 Å². The highest BCUT2D eigenvalue weighted by atomic mass is 16.5. The summed E-state index contributed by atoms with van der Waals surface area (Å²) < 4.78 is 7.58. The van der Waals surface area contributed by atoms with E-state index in [9.17, 15) is 0 Å². The summed E-state index contributed by atoms with van der Waals surface area (Å²) >= 11 is 0. The molecular formula is C15H21N3O. The molecule has 0 unspecified atom stereocenters. The Kier molecular flexibility index (Phi) is 3.79. The molecule has 0 aliphatic rings. The van der Waals surface area contributed by atoms with Crippen LogP contribution in [0.5, 0.6) is 11.6 Å². The van der Waals surface area contributed by atoms with Gasteiger partial charge in [0.25, 0.3) is 0 Å². The molecule has 0 amide bonds. The summed E-state index contributed by atoms with van der Waals surface area (Å²) in [6, 6.07) is 6.01. The molecular weight excluding hydrogens is 238 g/mol. The van der Waals surface area contributed by atoms with Crippen LogP contribution >= 0.6 is 0 Å². The van der Waals surface area contributed by atoms with Crippen molar-refractivity contribution in [3.63, 3.8) is 0 Å². The Morgan fingerprint density at radius 1 is 1.26 bits per heavy atom. The standard InChI is InChI=1S/C15H21N3O/c1-5-6-13-14(16)15(18(4)17-13)19-12-8-7-10(2)11(3)9-12/h7-9H,5-6,16H2,1-4H3. The molecule has 4 heteroatoms. The van der Waals surface area contributed by atoms with Gasteiger partial charge in [0.2, 0.25) is 5.88 Å². The van der Waals surface area contributed by atoms with Gasteiger partial charge in [-0.15, -0.1) is 0 Å². The van der Waals surface area contributed by atoms with Crippen LogP contribution in [0.1, 0.15) is 30.2 Å². The van der Waals surface area contributed by atoms with Gasteiger partial charge in [0.15, 0.2) is 0 Å². The molecule has 19 heavy (non-hydrogen) atoms. The minimum Gasteiger partial charge on any atom is -0.437 e. The Hall–Kier alpha value is -1.97. The number of aromatic nitrogens is 2. The molecule has 2 rings (SSSR count). The van der Waals surface area contributed by atoms with Crippen LogP contribution in [-0.4, -0.2) is 9.78 Å². The number of anilines is 1. The molecule has 2 N–H and O–H groups in total. The summed E-state index contributed by atoms with van der Waals surface area (Å²) in [6.45, 7) is 6.26. The molecule has 4 nitrogen and oxygen atoms in total. The van der Waals surface area contributed by atoms with Gasteiger partial charge in [-0.1, -0.05) is 19.4 Å². The van der Waals surface area contributed by atoms with Gasteiger partial charge in [-0.05, 0) is 43.5 Å². The predicted octanol–water partition coefficient (Wildman–Crippen LogP) is 3.36. The van der Waals surface area contributed by atoms with Crippen LogP contribution in [-0.2, 0) is 13.5 Å². The Labute approximate surface area is 114 Å². The quantitative estimate of drug-likeness (QED) is 0.916. The molecule has 0 radical (unpaired) electrons. The molecule has 0 bridgehead atoms. The normalized spacial score (nSPS) is 10.7. The zero-order chi connectivity index (χ0) is 14.0. The van der Waals surface area contributed by atoms with Crippen molar-refractivity contribution in [2.24, 2.45) is 7.05 Å². The number of nitrogen functional groups attached to an aromatic ring is 1. The SMILES string of the molecule is CCCc1nn(C)c(Oc2ccc(C)c(C)c2)c1N. The Balaban J connectivity index is 2.30. The highest BCUT2D eigenvalue weighted by Gasteiger charge is 2.14. The maximum atomic E-state index is 6.10. The zero-order valence-electron chi connectivity index (χ0n) is 12.0. The summed E-state index contributed by atoms with van der Waals surface area (Å²) in [5.41, 5.74) is 10.1. The van der Waals surface area contributed by atoms with E-state index < -0.39 is 0 Å². The monoisotopic (exact) mass is 259 g/mol. The first-order chi connectivity index (χ1) is 9.02. The molecule has 102 valence electrons. The first-order valence-corrected chi connectivity index (χ1v) is 6.59. The summed E-state index contributed by atoms with van der Waals surface area (Å²) in [4.78, 5) is 0. The van der Waals surface area contributed by atoms with Crippen LogP contribution in [0.15, 0.2) is 18.2 Å². The lowest BCUT2D eigenvalue weighted by Crippen LogP contribution is -1.97. The number of hydrogen-bond acceptors (Lipinski definition) is 3. The first-order valence-electron chi connectivity index (χ1n) is 6.59. The van der Waals surface area contributed by atoms with Gasteiger partial charge in [0.1, 0.15) is 11.4 Å². The lowest BCUT2D eigenvalue weighted by Gasteiger charge is -2.08. The topological polar surface area (TPSA) is 53.1 Å². The molecule has 0 atom stereocenters. The molecule has 1 heterocycles. The fourth-order valence-electron chi connectivity index (χ4n) is 2.01. The van der Waals surface area contributed by atoms with Gasteiger partial charge in [-0.25, -0.2) is 4.68 Å². The zero-order valence-corrected chi connectivity index (χ0v) is 12.0. The van der Waals surface area contributed by atoms with Crippen molar-refractivity contribution in [3.8, 4) is 11.6 Å². The molecule has 0 saturated heterocycles. The average molecular weight is 259 g/mol. The van der Waals surface area contributed by atoms with Gasteiger partial charge in [-0.3, -0.25) is 0 Å². The number of rotatable bonds is 4. The largest absolute Gasteiger partial charge is 0.437 e. The van der Waals surface area contributed by atoms with Crippen molar-refractivity contribution >= 4 is 5.69 Å². The van der Waals surface area contributed by atoms with Crippen LogP contribution < -0.4 is 10.5 Å². The molecule has 0 aliphatic carbocycles. The average Bonchev–Trinajstić information content (AvgIpc) is 2.62. The second kappa shape index (κ2) is 5.34. The lowest BCUT2D eigenvalue weighted by atomic mass is 10.1. The number of ether oxygens (including phenoxy) is 1. The summed E-state index contributed by atoms with van der Waals surface area (Å²) in [7, 11) is 1.85. The van der Waals surface area contributed by atoms with Gasteiger partial charge in [-0.2, -0.15) is 5.10 Å². The number of aryl methyl sites for hydroxylation is 4. The van der Waals surface area contributed by atoms with E-state index in [1.807, 2.05) is 25.2 Å². The van der Waals surface area contributed by atoms with E-state index in [0.717, 1.165) is 24.3 Å². The molecule has 2 aromatic rings. The Bertz CT molecular complexity index is 587. The molecule has 0 saturated carbocycles. The molecule has 0 aliphatic heterocycles. The highest BCUT2D eigenvalue weighted by molar-refractivity contribution is 5.54. The van der Waals surface area contributed by atoms with Crippen molar-refractivity contribution in [3.05, 3.63) is 35.0 Å². The van der Waals surface area contributed by atoms with E-state index in [4.69, 9.17) is 10.5 Å². The lowest BCUT2D eigenvalue weighted by molar-refractivity contribution is 0.432. The third-order valence-electron chi connectivity index (χ3n) is 3.29. The summed E-state index contributed by atoms with van der Waals surface area (Å²) in [5, 5.41) is 4.40. The van der Waals surface area contributed by atoms with Crippen molar-refractivity contribution in [2.75, 3.05) is 5.73 Å². The maximum absolute atomic E-state index is 6.10. The van der Waals surface area contributed by atoms with Gasteiger partial charge in [0, 0.05) is 7.05 Å². The fraction of sp³-hybridized carbons (Fsp3) is 0.400. The smallest absolute Gasteiger partial charge is 0.241 e. The van der Waals surface area contributed by atoms with Crippen LogP contribution in [0.4, 0.5) is 5.69 Å². The number of benzene rings is 1.